The van der Waals surface area contributed by atoms with Gasteiger partial charge in [-0.2, -0.15) is 0 Å². The van der Waals surface area contributed by atoms with Crippen LogP contribution in [0.1, 0.15) is 40.0 Å². The molecule has 1 aromatic heterocycles. The van der Waals surface area contributed by atoms with Gasteiger partial charge in [0.15, 0.2) is 0 Å². The highest BCUT2D eigenvalue weighted by Crippen LogP contribution is 2.30. The van der Waals surface area contributed by atoms with Crippen LogP contribution in [-0.2, 0) is 14.8 Å². The summed E-state index contributed by atoms with van der Waals surface area (Å²) in [7, 11) is -0.519. The van der Waals surface area contributed by atoms with E-state index in [2.05, 4.69) is 24.1 Å². The van der Waals surface area contributed by atoms with Crippen molar-refractivity contribution in [3.63, 3.8) is 0 Å². The number of sulfonamides is 1. The molecule has 1 heterocycles. The minimum Gasteiger partial charge on any atom is -0.352 e. The van der Waals surface area contributed by atoms with Crippen molar-refractivity contribution in [1.82, 2.24) is 14.6 Å². The summed E-state index contributed by atoms with van der Waals surface area (Å²) in [6.07, 6.45) is 4.75. The van der Waals surface area contributed by atoms with Gasteiger partial charge in [0.2, 0.25) is 15.9 Å². The molecular formula is C18H29N3O3S2. The van der Waals surface area contributed by atoms with Gasteiger partial charge in [-0.1, -0.05) is 38.5 Å². The Balaban J connectivity index is 1.96. The fourth-order valence-electron chi connectivity index (χ4n) is 3.12. The Morgan fingerprint density at radius 2 is 2.00 bits per heavy atom. The first-order chi connectivity index (χ1) is 12.1. The summed E-state index contributed by atoms with van der Waals surface area (Å²) >= 11 is 1.34. The van der Waals surface area contributed by atoms with Gasteiger partial charge in [0.1, 0.15) is 4.90 Å². The molecular weight excluding hydrogens is 370 g/mol. The molecule has 0 aliphatic heterocycles. The molecule has 0 aromatic carbocycles. The van der Waals surface area contributed by atoms with E-state index >= 15 is 0 Å². The minimum absolute atomic E-state index is 0.00717. The van der Waals surface area contributed by atoms with Crippen molar-refractivity contribution in [3.05, 3.63) is 18.3 Å². The number of nitrogens with zero attached hydrogens (tertiary/aromatic N) is 2. The fourth-order valence-corrected chi connectivity index (χ4v) is 4.77. The number of hydrogen-bond donors (Lipinski definition) is 1. The number of carbonyl (C=O) groups is 1. The first-order valence-corrected chi connectivity index (χ1v) is 11.3. The Morgan fingerprint density at radius 3 is 2.58 bits per heavy atom. The molecule has 1 aromatic rings. The highest BCUT2D eigenvalue weighted by molar-refractivity contribution is 8.00. The number of pyridine rings is 1. The maximum absolute atomic E-state index is 12.5. The van der Waals surface area contributed by atoms with Crippen LogP contribution in [-0.4, -0.2) is 49.0 Å². The number of amides is 1. The third-order valence-electron chi connectivity index (χ3n) is 5.19. The van der Waals surface area contributed by atoms with E-state index in [0.717, 1.165) is 17.1 Å². The minimum atomic E-state index is -3.49. The molecule has 1 fully saturated rings. The lowest BCUT2D eigenvalue weighted by molar-refractivity contribution is -0.121. The van der Waals surface area contributed by atoms with Gasteiger partial charge >= 0.3 is 0 Å². The number of hydrogen-bond acceptors (Lipinski definition) is 5. The summed E-state index contributed by atoms with van der Waals surface area (Å²) in [5, 5.41) is 3.53. The zero-order chi connectivity index (χ0) is 19.5. The van der Waals surface area contributed by atoms with E-state index < -0.39 is 10.0 Å². The smallest absolute Gasteiger partial charge is 0.244 e. The molecule has 0 bridgehead atoms. The monoisotopic (exact) mass is 399 g/mol. The molecule has 0 saturated heterocycles. The fraction of sp³-hybridized carbons (Fsp3) is 0.667. The van der Waals surface area contributed by atoms with Crippen molar-refractivity contribution in [2.45, 2.75) is 61.2 Å². The summed E-state index contributed by atoms with van der Waals surface area (Å²) < 4.78 is 25.3. The number of aromatic nitrogens is 1. The molecule has 2 rings (SSSR count). The molecule has 1 amide bonds. The molecule has 0 unspecified atom stereocenters. The van der Waals surface area contributed by atoms with Gasteiger partial charge in [-0.3, -0.25) is 4.79 Å². The molecule has 0 radical (unpaired) electrons. The normalized spacial score (nSPS) is 25.1. The molecule has 146 valence electrons. The summed E-state index contributed by atoms with van der Waals surface area (Å²) in [5.41, 5.74) is 0. The second-order valence-electron chi connectivity index (χ2n) is 7.26. The Bertz CT molecular complexity index is 720. The Morgan fingerprint density at radius 1 is 1.31 bits per heavy atom. The van der Waals surface area contributed by atoms with Crippen LogP contribution in [0.15, 0.2) is 28.3 Å². The third-order valence-corrected chi connectivity index (χ3v) is 8.04. The van der Waals surface area contributed by atoms with Crippen LogP contribution in [0.2, 0.25) is 0 Å². The van der Waals surface area contributed by atoms with Crippen LogP contribution in [0.25, 0.3) is 0 Å². The van der Waals surface area contributed by atoms with E-state index in [-0.39, 0.29) is 22.1 Å². The largest absolute Gasteiger partial charge is 0.352 e. The average Bonchev–Trinajstić information content (AvgIpc) is 2.59. The molecule has 0 spiro atoms. The van der Waals surface area contributed by atoms with Crippen LogP contribution in [0, 0.1) is 11.8 Å². The second-order valence-corrected chi connectivity index (χ2v) is 10.8. The van der Waals surface area contributed by atoms with Gasteiger partial charge in [0.25, 0.3) is 0 Å². The van der Waals surface area contributed by atoms with Gasteiger partial charge in [-0.05, 0) is 37.3 Å². The van der Waals surface area contributed by atoms with Gasteiger partial charge in [-0.25, -0.2) is 17.7 Å². The SMILES string of the molecule is C[C@H]1[C@@H](NC(=O)[C@@H](C)Sc2ccc(S(=O)(=O)N(C)C)cn2)CCC[C@@H]1C. The summed E-state index contributed by atoms with van der Waals surface area (Å²) in [4.78, 5) is 16.9. The molecule has 8 heteroatoms. The first-order valence-electron chi connectivity index (χ1n) is 8.98. The lowest BCUT2D eigenvalue weighted by atomic mass is 9.78. The molecule has 1 aliphatic carbocycles. The van der Waals surface area contributed by atoms with E-state index in [9.17, 15) is 13.2 Å². The molecule has 26 heavy (non-hydrogen) atoms. The quantitative estimate of drug-likeness (QED) is 0.744. The predicted octanol–water partition coefficient (Wildman–Crippen LogP) is 2.75. The topological polar surface area (TPSA) is 79.4 Å². The van der Waals surface area contributed by atoms with Crippen LogP contribution < -0.4 is 5.32 Å². The van der Waals surface area contributed by atoms with Crippen molar-refractivity contribution < 1.29 is 13.2 Å². The maximum atomic E-state index is 12.5. The predicted molar refractivity (Wildman–Crippen MR) is 105 cm³/mol. The third kappa shape index (κ3) is 4.98. The van der Waals surface area contributed by atoms with Crippen LogP contribution in [0.3, 0.4) is 0 Å². The number of thioether (sulfide) groups is 1. The zero-order valence-corrected chi connectivity index (χ0v) is 17.7. The number of carbonyl (C=O) groups excluding carboxylic acids is 1. The van der Waals surface area contributed by atoms with E-state index in [4.69, 9.17) is 0 Å². The van der Waals surface area contributed by atoms with E-state index in [1.165, 1.54) is 44.5 Å². The molecule has 1 N–H and O–H groups in total. The van der Waals surface area contributed by atoms with Gasteiger partial charge < -0.3 is 5.32 Å². The molecule has 1 aliphatic rings. The summed E-state index contributed by atoms with van der Waals surface area (Å²) in [6.45, 7) is 6.30. The standard InChI is InChI=1S/C18H29N3O3S2/c1-12-7-6-8-16(13(12)2)20-18(22)14(3)25-17-10-9-15(11-19-17)26(23,24)21(4)5/h9-14,16H,6-8H2,1-5H3,(H,20,22)/t12-,13+,14+,16-/m0/s1. The zero-order valence-electron chi connectivity index (χ0n) is 16.1. The van der Waals surface area contributed by atoms with Crippen LogP contribution >= 0.6 is 11.8 Å². The van der Waals surface area contributed by atoms with Crippen molar-refractivity contribution >= 4 is 27.7 Å². The van der Waals surface area contributed by atoms with Gasteiger partial charge in [0, 0.05) is 26.3 Å². The lowest BCUT2D eigenvalue weighted by Crippen LogP contribution is -2.46. The van der Waals surface area contributed by atoms with E-state index in [1.807, 2.05) is 6.92 Å². The summed E-state index contributed by atoms with van der Waals surface area (Å²) in [5.74, 6) is 1.12. The highest BCUT2D eigenvalue weighted by Gasteiger charge is 2.29. The molecule has 1 saturated carbocycles. The van der Waals surface area contributed by atoms with Gasteiger partial charge in [-0.15, -0.1) is 0 Å². The van der Waals surface area contributed by atoms with E-state index in [0.29, 0.717) is 16.9 Å². The molecule has 4 atom stereocenters. The van der Waals surface area contributed by atoms with Crippen molar-refractivity contribution in [2.24, 2.45) is 11.8 Å². The van der Waals surface area contributed by atoms with Crippen molar-refractivity contribution in [3.8, 4) is 0 Å². The Labute approximate surface area is 161 Å². The average molecular weight is 400 g/mol. The number of nitrogens with one attached hydrogen (secondary N) is 1. The summed E-state index contributed by atoms with van der Waals surface area (Å²) in [6, 6.07) is 3.41. The van der Waals surface area contributed by atoms with Gasteiger partial charge in [0.05, 0.1) is 10.3 Å². The Kier molecular flexibility index (Phi) is 7.10. The first kappa shape index (κ1) is 21.2. The number of rotatable bonds is 6. The maximum Gasteiger partial charge on any atom is 0.244 e. The van der Waals surface area contributed by atoms with Crippen molar-refractivity contribution in [2.75, 3.05) is 14.1 Å². The van der Waals surface area contributed by atoms with Crippen LogP contribution in [0.5, 0.6) is 0 Å². The highest BCUT2D eigenvalue weighted by atomic mass is 32.2. The van der Waals surface area contributed by atoms with Crippen molar-refractivity contribution in [1.29, 1.82) is 0 Å². The van der Waals surface area contributed by atoms with E-state index in [1.54, 1.807) is 6.07 Å². The van der Waals surface area contributed by atoms with Crippen LogP contribution in [0.4, 0.5) is 0 Å². The lowest BCUT2D eigenvalue weighted by Gasteiger charge is -2.35. The second kappa shape index (κ2) is 8.71. The Hall–Kier alpha value is -1.12. The molecule has 6 nitrogen and oxygen atoms in total.